The van der Waals surface area contributed by atoms with Crippen molar-refractivity contribution in [2.45, 2.75) is 50.8 Å². The number of H-pyrrole nitrogens is 1. The molecule has 0 bridgehead atoms. The highest BCUT2D eigenvalue weighted by molar-refractivity contribution is 7.93. The van der Waals surface area contributed by atoms with Crippen molar-refractivity contribution < 1.29 is 12.8 Å². The quantitative estimate of drug-likeness (QED) is 0.669. The summed E-state index contributed by atoms with van der Waals surface area (Å²) in [6, 6.07) is 7.35. The average Bonchev–Trinajstić information content (AvgIpc) is 3.28. The van der Waals surface area contributed by atoms with E-state index in [1.54, 1.807) is 26.0 Å². The van der Waals surface area contributed by atoms with E-state index in [2.05, 4.69) is 26.8 Å². The van der Waals surface area contributed by atoms with Crippen molar-refractivity contribution in [3.63, 3.8) is 0 Å². The first kappa shape index (κ1) is 17.8. The predicted octanol–water partition coefficient (Wildman–Crippen LogP) is 3.92. The van der Waals surface area contributed by atoms with Crippen molar-refractivity contribution in [2.24, 2.45) is 0 Å². The molecule has 0 radical (unpaired) electrons. The number of hydrogen-bond donors (Lipinski definition) is 2. The van der Waals surface area contributed by atoms with Crippen molar-refractivity contribution in [1.29, 1.82) is 0 Å². The third-order valence-corrected chi connectivity index (χ3v) is 6.33. The van der Waals surface area contributed by atoms with Gasteiger partial charge in [0.1, 0.15) is 4.90 Å². The number of sulfonamides is 1. The average molecular weight is 386 g/mol. The normalized spacial score (nSPS) is 14.5. The number of aryl methyl sites for hydroxylation is 3. The van der Waals surface area contributed by atoms with E-state index in [0.717, 1.165) is 24.8 Å². The molecule has 1 aromatic carbocycles. The molecule has 3 aromatic rings. The SMILES string of the molecule is CCc1ccc(NS(=O)(=O)c2c(C)[nH]c(C)c2-c2nnc(C3CC3)o2)cc1. The van der Waals surface area contributed by atoms with Crippen LogP contribution in [-0.2, 0) is 16.4 Å². The molecule has 7 nitrogen and oxygen atoms in total. The van der Waals surface area contributed by atoms with Crippen molar-refractivity contribution in [3.05, 3.63) is 47.1 Å². The van der Waals surface area contributed by atoms with E-state index in [1.165, 1.54) is 0 Å². The minimum atomic E-state index is -3.83. The Morgan fingerprint density at radius 2 is 1.85 bits per heavy atom. The molecular weight excluding hydrogens is 364 g/mol. The Morgan fingerprint density at radius 1 is 1.15 bits per heavy atom. The lowest BCUT2D eigenvalue weighted by Gasteiger charge is -2.10. The number of hydrogen-bond acceptors (Lipinski definition) is 5. The first-order valence-corrected chi connectivity index (χ1v) is 10.5. The lowest BCUT2D eigenvalue weighted by atomic mass is 10.2. The second-order valence-corrected chi connectivity index (χ2v) is 8.57. The van der Waals surface area contributed by atoms with Crippen LogP contribution in [0.15, 0.2) is 33.6 Å². The van der Waals surface area contributed by atoms with Gasteiger partial charge in [-0.2, -0.15) is 0 Å². The Hall–Kier alpha value is -2.61. The van der Waals surface area contributed by atoms with Crippen molar-refractivity contribution >= 4 is 15.7 Å². The molecule has 0 atom stereocenters. The number of aromatic nitrogens is 3. The van der Waals surface area contributed by atoms with Gasteiger partial charge in [0, 0.05) is 23.0 Å². The lowest BCUT2D eigenvalue weighted by molar-refractivity contribution is 0.507. The van der Waals surface area contributed by atoms with E-state index in [9.17, 15) is 8.42 Å². The van der Waals surface area contributed by atoms with Gasteiger partial charge in [0.2, 0.25) is 5.89 Å². The molecule has 2 N–H and O–H groups in total. The van der Waals surface area contributed by atoms with Crippen LogP contribution in [0.3, 0.4) is 0 Å². The number of rotatable bonds is 6. The Labute approximate surface area is 158 Å². The maximum Gasteiger partial charge on any atom is 0.264 e. The van der Waals surface area contributed by atoms with Crippen molar-refractivity contribution in [1.82, 2.24) is 15.2 Å². The van der Waals surface area contributed by atoms with Gasteiger partial charge in [-0.3, -0.25) is 4.72 Å². The second kappa shape index (κ2) is 6.53. The zero-order chi connectivity index (χ0) is 19.2. The third-order valence-electron chi connectivity index (χ3n) is 4.78. The molecule has 2 aromatic heterocycles. The molecule has 1 aliphatic rings. The Bertz CT molecular complexity index is 1080. The highest BCUT2D eigenvalue weighted by Crippen LogP contribution is 2.41. The maximum absolute atomic E-state index is 13.1. The van der Waals surface area contributed by atoms with Crippen LogP contribution in [0.1, 0.15) is 48.5 Å². The first-order chi connectivity index (χ1) is 12.9. The number of aromatic amines is 1. The van der Waals surface area contributed by atoms with Crippen LogP contribution in [0.25, 0.3) is 11.5 Å². The van der Waals surface area contributed by atoms with Crippen molar-refractivity contribution in [2.75, 3.05) is 4.72 Å². The summed E-state index contributed by atoms with van der Waals surface area (Å²) in [5, 5.41) is 8.18. The molecule has 27 heavy (non-hydrogen) atoms. The Morgan fingerprint density at radius 3 is 2.48 bits per heavy atom. The van der Waals surface area contributed by atoms with Gasteiger partial charge in [-0.1, -0.05) is 19.1 Å². The maximum atomic E-state index is 13.1. The number of nitrogens with one attached hydrogen (secondary N) is 2. The molecule has 0 amide bonds. The van der Waals surface area contributed by atoms with E-state index in [1.807, 2.05) is 12.1 Å². The number of benzene rings is 1. The molecule has 1 fully saturated rings. The third kappa shape index (κ3) is 3.37. The monoisotopic (exact) mass is 386 g/mol. The number of nitrogens with zero attached hydrogens (tertiary/aromatic N) is 2. The molecule has 1 aliphatic carbocycles. The van der Waals surface area contributed by atoms with E-state index in [4.69, 9.17) is 4.42 Å². The summed E-state index contributed by atoms with van der Waals surface area (Å²) in [6.45, 7) is 5.58. The van der Waals surface area contributed by atoms with Crippen LogP contribution in [-0.4, -0.2) is 23.6 Å². The van der Waals surface area contributed by atoms with Gasteiger partial charge in [0.05, 0.1) is 5.56 Å². The van der Waals surface area contributed by atoms with Crippen LogP contribution in [0, 0.1) is 13.8 Å². The first-order valence-electron chi connectivity index (χ1n) is 9.03. The summed E-state index contributed by atoms with van der Waals surface area (Å²) in [5.41, 5.74) is 3.31. The fourth-order valence-corrected chi connectivity index (χ4v) is 4.71. The molecule has 0 aliphatic heterocycles. The van der Waals surface area contributed by atoms with Crippen LogP contribution >= 0.6 is 0 Å². The molecule has 0 unspecified atom stereocenters. The van der Waals surface area contributed by atoms with Gasteiger partial charge < -0.3 is 9.40 Å². The van der Waals surface area contributed by atoms with Crippen LogP contribution < -0.4 is 4.72 Å². The van der Waals surface area contributed by atoms with Gasteiger partial charge in [0.15, 0.2) is 0 Å². The Kier molecular flexibility index (Phi) is 4.30. The zero-order valence-corrected chi connectivity index (χ0v) is 16.4. The van der Waals surface area contributed by atoms with E-state index < -0.39 is 10.0 Å². The Balaban J connectivity index is 1.72. The predicted molar refractivity (Wildman–Crippen MR) is 102 cm³/mol. The summed E-state index contributed by atoms with van der Waals surface area (Å²) in [7, 11) is -3.83. The van der Waals surface area contributed by atoms with Crippen LogP contribution in [0.2, 0.25) is 0 Å². The highest BCUT2D eigenvalue weighted by atomic mass is 32.2. The van der Waals surface area contributed by atoms with E-state index in [0.29, 0.717) is 34.4 Å². The van der Waals surface area contributed by atoms with Crippen molar-refractivity contribution in [3.8, 4) is 11.5 Å². The molecule has 0 saturated heterocycles. The molecule has 2 heterocycles. The van der Waals surface area contributed by atoms with Gasteiger partial charge in [-0.15, -0.1) is 10.2 Å². The minimum Gasteiger partial charge on any atom is -0.420 e. The van der Waals surface area contributed by atoms with Gasteiger partial charge in [-0.05, 0) is 50.8 Å². The largest absolute Gasteiger partial charge is 0.420 e. The molecule has 8 heteroatoms. The lowest BCUT2D eigenvalue weighted by Crippen LogP contribution is -2.14. The summed E-state index contributed by atoms with van der Waals surface area (Å²) in [6.07, 6.45) is 2.97. The van der Waals surface area contributed by atoms with E-state index >= 15 is 0 Å². The summed E-state index contributed by atoms with van der Waals surface area (Å²) >= 11 is 0. The summed E-state index contributed by atoms with van der Waals surface area (Å²) < 4.78 is 34.7. The van der Waals surface area contributed by atoms with Crippen LogP contribution in [0.4, 0.5) is 5.69 Å². The second-order valence-electron chi connectivity index (χ2n) is 6.95. The van der Waals surface area contributed by atoms with E-state index in [-0.39, 0.29) is 10.8 Å². The molecule has 142 valence electrons. The highest BCUT2D eigenvalue weighted by Gasteiger charge is 2.33. The fraction of sp³-hybridized carbons (Fsp3) is 0.368. The fourth-order valence-electron chi connectivity index (χ4n) is 3.20. The molecular formula is C19H22N4O3S. The smallest absolute Gasteiger partial charge is 0.264 e. The summed E-state index contributed by atoms with van der Waals surface area (Å²) in [4.78, 5) is 3.24. The van der Waals surface area contributed by atoms with Crippen LogP contribution in [0.5, 0.6) is 0 Å². The number of anilines is 1. The van der Waals surface area contributed by atoms with Gasteiger partial charge in [-0.25, -0.2) is 8.42 Å². The molecule has 1 saturated carbocycles. The topological polar surface area (TPSA) is 101 Å². The van der Waals surface area contributed by atoms with Gasteiger partial charge >= 0.3 is 0 Å². The molecule has 4 rings (SSSR count). The minimum absolute atomic E-state index is 0.144. The summed E-state index contributed by atoms with van der Waals surface area (Å²) in [5.74, 6) is 1.12. The standard InChI is InChI=1S/C19H22N4O3S/c1-4-13-5-9-15(10-6-13)23-27(24,25)17-12(3)20-11(2)16(17)19-22-21-18(26-19)14-7-8-14/h5-6,9-10,14,20,23H,4,7-8H2,1-3H3. The molecule has 0 spiro atoms. The zero-order valence-electron chi connectivity index (χ0n) is 15.5. The van der Waals surface area contributed by atoms with Gasteiger partial charge in [0.25, 0.3) is 15.9 Å².